The lowest BCUT2D eigenvalue weighted by Gasteiger charge is -2.44. The molecule has 1 amide bonds. The average Bonchev–Trinajstić information content (AvgIpc) is 3.65. The van der Waals surface area contributed by atoms with Gasteiger partial charge in [-0.15, -0.1) is 0 Å². The standard InChI is InChI=1S/C29H35N3O7.C4H8/c1-13-20(28(30)37)25(36)23(31(2)3)18-10-14-9-17-22(24(35)21(14)27-29(13,18)39-27)19(34)11-15(26(17)38-4)12-32-7-5-16(33)6-8-32;1-2-4-3-1/h11,14,16,18,23,33-34,36H,1,5-10,12H2,2-4H3,(H2,30,37);1-4H2/t14?,18-,23-,29-;/m0./s1. The quantitative estimate of drug-likeness (QED) is 0.378. The molecule has 10 nitrogen and oxygen atoms in total. The number of nitrogens with zero attached hydrogens (tertiary/aromatic N) is 2. The molecule has 6 aliphatic rings. The molecule has 1 aromatic rings. The van der Waals surface area contributed by atoms with Gasteiger partial charge in [-0.05, 0) is 51.8 Å². The first-order valence-electron chi connectivity index (χ1n) is 15.4. The number of rotatable bonds is 5. The molecule has 7 rings (SSSR count). The Kier molecular flexibility index (Phi) is 7.59. The van der Waals surface area contributed by atoms with Gasteiger partial charge >= 0.3 is 0 Å². The number of ketones is 1. The van der Waals surface area contributed by atoms with Crippen LogP contribution in [-0.2, 0) is 22.5 Å². The van der Waals surface area contributed by atoms with E-state index < -0.39 is 17.6 Å². The minimum absolute atomic E-state index is 0.0537. The number of likely N-dealkylation sites (tertiary alicyclic amines) is 1. The number of benzene rings is 1. The number of aliphatic hydroxyl groups excluding tert-OH is 2. The number of amides is 1. The van der Waals surface area contributed by atoms with Crippen molar-refractivity contribution >= 4 is 11.7 Å². The van der Waals surface area contributed by atoms with Crippen molar-refractivity contribution in [1.29, 1.82) is 0 Å². The van der Waals surface area contributed by atoms with Gasteiger partial charge in [0.05, 0.1) is 30.4 Å². The molecule has 0 radical (unpaired) electrons. The maximum absolute atomic E-state index is 14.0. The number of hydrogen-bond donors (Lipinski definition) is 4. The second kappa shape index (κ2) is 11.0. The van der Waals surface area contributed by atoms with Crippen LogP contribution in [-0.4, -0.2) is 88.9 Å². The zero-order valence-electron chi connectivity index (χ0n) is 25.3. The van der Waals surface area contributed by atoms with Crippen molar-refractivity contribution in [2.24, 2.45) is 17.6 Å². The van der Waals surface area contributed by atoms with E-state index in [1.165, 1.54) is 25.7 Å². The number of methoxy groups -OCH3 is 1. The molecule has 0 aromatic heterocycles. The van der Waals surface area contributed by atoms with Gasteiger partial charge in [-0.3, -0.25) is 19.4 Å². The Morgan fingerprint density at radius 3 is 2.42 bits per heavy atom. The number of piperidine rings is 1. The van der Waals surface area contributed by atoms with Gasteiger partial charge in [-0.1, -0.05) is 32.3 Å². The van der Waals surface area contributed by atoms with Crippen molar-refractivity contribution < 1.29 is 34.4 Å². The van der Waals surface area contributed by atoms with Crippen LogP contribution in [0.4, 0.5) is 0 Å². The fourth-order valence-corrected chi connectivity index (χ4v) is 7.75. The van der Waals surface area contributed by atoms with Crippen LogP contribution < -0.4 is 10.5 Å². The molecule has 4 aliphatic carbocycles. The molecule has 5 N–H and O–H groups in total. The van der Waals surface area contributed by atoms with E-state index in [0.29, 0.717) is 54.9 Å². The van der Waals surface area contributed by atoms with E-state index in [0.717, 1.165) is 18.7 Å². The Bertz CT molecular complexity index is 1430. The topological polar surface area (TPSA) is 149 Å². The van der Waals surface area contributed by atoms with E-state index in [2.05, 4.69) is 11.5 Å². The Labute approximate surface area is 252 Å². The third-order valence-electron chi connectivity index (χ3n) is 10.3. The second-order valence-electron chi connectivity index (χ2n) is 13.0. The minimum Gasteiger partial charge on any atom is -0.510 e. The summed E-state index contributed by atoms with van der Waals surface area (Å²) in [6.45, 7) is 6.10. The number of allylic oxidation sites excluding steroid dienone is 1. The second-order valence-corrected chi connectivity index (χ2v) is 13.0. The SMILES string of the molecule is C1CCC1.C=C1C(C(N)=O)=C(O)[C@@H](N(C)C)[C@@H]2CC3Cc4c(OC)c(CN5CCC(O)CC5)cc(O)c4C(=O)C3=C3O[C@]132. The number of ether oxygens (including phenoxy) is 2. The summed E-state index contributed by atoms with van der Waals surface area (Å²) in [6, 6.07) is 1.05. The lowest BCUT2D eigenvalue weighted by Crippen LogP contribution is -2.52. The fraction of sp³-hybridized carbons (Fsp3) is 0.576. The van der Waals surface area contributed by atoms with Crippen LogP contribution in [0.2, 0.25) is 0 Å². The molecule has 1 unspecified atom stereocenters. The molecule has 1 saturated carbocycles. The maximum Gasteiger partial charge on any atom is 0.252 e. The Hall–Kier alpha value is -3.34. The van der Waals surface area contributed by atoms with Gasteiger partial charge in [0.2, 0.25) is 0 Å². The lowest BCUT2D eigenvalue weighted by molar-refractivity contribution is -0.114. The van der Waals surface area contributed by atoms with Gasteiger partial charge in [0.15, 0.2) is 17.1 Å². The highest BCUT2D eigenvalue weighted by molar-refractivity contribution is 6.14. The highest BCUT2D eigenvalue weighted by atomic mass is 16.6. The Morgan fingerprint density at radius 2 is 1.86 bits per heavy atom. The van der Waals surface area contributed by atoms with E-state index in [4.69, 9.17) is 15.2 Å². The van der Waals surface area contributed by atoms with Crippen LogP contribution >= 0.6 is 0 Å². The van der Waals surface area contributed by atoms with Crippen molar-refractivity contribution in [2.45, 2.75) is 75.7 Å². The van der Waals surface area contributed by atoms with Gasteiger partial charge in [-0.25, -0.2) is 0 Å². The van der Waals surface area contributed by atoms with E-state index in [-0.39, 0.29) is 51.9 Å². The first-order chi connectivity index (χ1) is 20.5. The molecule has 232 valence electrons. The minimum atomic E-state index is -1.08. The van der Waals surface area contributed by atoms with Crippen molar-refractivity contribution in [1.82, 2.24) is 9.80 Å². The van der Waals surface area contributed by atoms with Crippen LogP contribution in [0.5, 0.6) is 11.5 Å². The maximum atomic E-state index is 14.0. The van der Waals surface area contributed by atoms with Crippen molar-refractivity contribution in [3.05, 3.63) is 57.6 Å². The number of epoxide rings is 1. The monoisotopic (exact) mass is 593 g/mol. The lowest BCUT2D eigenvalue weighted by atomic mass is 9.60. The number of fused-ring (bicyclic) bond motifs is 2. The summed E-state index contributed by atoms with van der Waals surface area (Å²) in [7, 11) is 5.21. The van der Waals surface area contributed by atoms with E-state index in [1.54, 1.807) is 13.2 Å². The van der Waals surface area contributed by atoms with Crippen molar-refractivity contribution in [2.75, 3.05) is 34.3 Å². The number of nitrogens with two attached hydrogens (primary N) is 1. The zero-order valence-corrected chi connectivity index (χ0v) is 25.3. The molecular weight excluding hydrogens is 550 g/mol. The largest absolute Gasteiger partial charge is 0.510 e. The average molecular weight is 594 g/mol. The van der Waals surface area contributed by atoms with Crippen molar-refractivity contribution in [3.63, 3.8) is 0 Å². The van der Waals surface area contributed by atoms with Crippen LogP contribution in [0.3, 0.4) is 0 Å². The predicted octanol–water partition coefficient (Wildman–Crippen LogP) is 3.11. The molecule has 3 fully saturated rings. The smallest absolute Gasteiger partial charge is 0.252 e. The number of carbonyl (C=O) groups excluding carboxylic acids is 2. The van der Waals surface area contributed by atoms with Crippen molar-refractivity contribution in [3.8, 4) is 11.5 Å². The highest BCUT2D eigenvalue weighted by Crippen LogP contribution is 2.66. The number of phenols is 1. The third kappa shape index (κ3) is 4.65. The molecule has 2 aliphatic heterocycles. The number of aliphatic hydroxyl groups is 2. The number of phenolic OH excluding ortho intramolecular Hbond substituents is 1. The first kappa shape index (κ1) is 29.7. The molecule has 4 atom stereocenters. The number of hydrogen-bond acceptors (Lipinski definition) is 9. The molecule has 10 heteroatoms. The summed E-state index contributed by atoms with van der Waals surface area (Å²) >= 11 is 0. The predicted molar refractivity (Wildman–Crippen MR) is 160 cm³/mol. The van der Waals surface area contributed by atoms with Gasteiger partial charge in [0.1, 0.15) is 17.3 Å². The summed E-state index contributed by atoms with van der Waals surface area (Å²) in [5, 5.41) is 32.1. The van der Waals surface area contributed by atoms with Crippen LogP contribution in [0.1, 0.15) is 66.4 Å². The number of carbonyl (C=O) groups is 2. The summed E-state index contributed by atoms with van der Waals surface area (Å²) in [5.41, 5.74) is 6.94. The van der Waals surface area contributed by atoms with Gasteiger partial charge in [0, 0.05) is 47.8 Å². The van der Waals surface area contributed by atoms with E-state index >= 15 is 0 Å². The number of primary amides is 1. The highest BCUT2D eigenvalue weighted by Gasteiger charge is 2.71. The van der Waals surface area contributed by atoms with Gasteiger partial charge in [-0.2, -0.15) is 0 Å². The molecular formula is C33H43N3O7. The van der Waals surface area contributed by atoms with Gasteiger partial charge < -0.3 is 30.5 Å². The van der Waals surface area contributed by atoms with E-state index in [1.807, 2.05) is 19.0 Å². The van der Waals surface area contributed by atoms with Crippen LogP contribution in [0.15, 0.2) is 40.9 Å². The Morgan fingerprint density at radius 1 is 1.21 bits per heavy atom. The normalized spacial score (nSPS) is 29.8. The summed E-state index contributed by atoms with van der Waals surface area (Å²) in [6.07, 6.45) is 8.05. The zero-order chi connectivity index (χ0) is 30.8. The fourth-order valence-electron chi connectivity index (χ4n) is 7.75. The van der Waals surface area contributed by atoms with E-state index in [9.17, 15) is 24.9 Å². The molecule has 43 heavy (non-hydrogen) atoms. The molecule has 0 bridgehead atoms. The van der Waals surface area contributed by atoms with Gasteiger partial charge in [0.25, 0.3) is 5.91 Å². The summed E-state index contributed by atoms with van der Waals surface area (Å²) < 4.78 is 12.1. The molecule has 2 saturated heterocycles. The summed E-state index contributed by atoms with van der Waals surface area (Å²) in [5.74, 6) is -0.807. The third-order valence-corrected chi connectivity index (χ3v) is 10.3. The number of aromatic hydroxyl groups is 1. The number of likely N-dealkylation sites (N-methyl/N-ethyl adjacent to an activating group) is 1. The molecule has 1 spiro atoms. The molecule has 2 heterocycles. The molecule has 1 aromatic carbocycles. The first-order valence-corrected chi connectivity index (χ1v) is 15.4. The Balaban J connectivity index is 0.000000761. The van der Waals surface area contributed by atoms with Crippen LogP contribution in [0, 0.1) is 11.8 Å². The van der Waals surface area contributed by atoms with Crippen LogP contribution in [0.25, 0.3) is 0 Å². The number of Topliss-reactive ketones (excluding diaryl/α,β-unsaturated/α-hetero) is 1. The summed E-state index contributed by atoms with van der Waals surface area (Å²) in [4.78, 5) is 30.4.